The lowest BCUT2D eigenvalue weighted by atomic mass is 10.0. The van der Waals surface area contributed by atoms with Gasteiger partial charge < -0.3 is 15.0 Å². The van der Waals surface area contributed by atoms with Crippen molar-refractivity contribution in [3.63, 3.8) is 0 Å². The van der Waals surface area contributed by atoms with Crippen molar-refractivity contribution in [1.82, 2.24) is 29.3 Å². The molecule has 1 aromatic carbocycles. The van der Waals surface area contributed by atoms with Crippen LogP contribution in [0.4, 0.5) is 5.82 Å². The van der Waals surface area contributed by atoms with Crippen LogP contribution in [0.3, 0.4) is 0 Å². The molecule has 9 heteroatoms. The molecule has 178 valence electrons. The van der Waals surface area contributed by atoms with E-state index in [0.717, 1.165) is 62.8 Å². The Labute approximate surface area is 207 Å². The van der Waals surface area contributed by atoms with Gasteiger partial charge in [0.05, 0.1) is 10.3 Å². The van der Waals surface area contributed by atoms with Crippen LogP contribution in [-0.4, -0.2) is 47.1 Å². The van der Waals surface area contributed by atoms with E-state index >= 15 is 0 Å². The summed E-state index contributed by atoms with van der Waals surface area (Å²) in [5, 5.41) is 19.1. The molecule has 1 aliphatic rings. The second-order valence-electron chi connectivity index (χ2n) is 9.19. The van der Waals surface area contributed by atoms with Crippen LogP contribution >= 0.6 is 11.3 Å². The van der Waals surface area contributed by atoms with Crippen LogP contribution in [-0.2, 0) is 14.1 Å². The highest BCUT2D eigenvalue weighted by atomic mass is 32.1. The summed E-state index contributed by atoms with van der Waals surface area (Å²) in [5.74, 6) is 2.47. The van der Waals surface area contributed by atoms with Gasteiger partial charge in [-0.3, -0.25) is 4.68 Å². The molecule has 35 heavy (non-hydrogen) atoms. The van der Waals surface area contributed by atoms with Crippen LogP contribution in [0.25, 0.3) is 43.6 Å². The zero-order valence-corrected chi connectivity index (χ0v) is 20.5. The molecule has 1 unspecified atom stereocenters. The minimum Gasteiger partial charge on any atom is -0.396 e. The number of anilines is 1. The average Bonchev–Trinajstić information content (AvgIpc) is 3.66. The number of aliphatic hydroxyl groups is 1. The maximum atomic E-state index is 9.67. The Balaban J connectivity index is 1.60. The van der Waals surface area contributed by atoms with Gasteiger partial charge in [0.25, 0.3) is 0 Å². The summed E-state index contributed by atoms with van der Waals surface area (Å²) in [5.41, 5.74) is 3.12. The van der Waals surface area contributed by atoms with E-state index in [-0.39, 0.29) is 12.6 Å². The molecule has 0 amide bonds. The molecule has 6 rings (SSSR count). The molecule has 1 fully saturated rings. The Morgan fingerprint density at radius 2 is 1.94 bits per heavy atom. The molecule has 5 aromatic rings. The molecule has 2 N–H and O–H groups in total. The largest absolute Gasteiger partial charge is 0.396 e. The minimum absolute atomic E-state index is 0.230. The summed E-state index contributed by atoms with van der Waals surface area (Å²) in [6, 6.07) is 12.7. The van der Waals surface area contributed by atoms with E-state index in [1.54, 1.807) is 17.5 Å². The number of nitrogens with one attached hydrogen (secondary N) is 1. The summed E-state index contributed by atoms with van der Waals surface area (Å²) in [6.07, 6.45) is 8.59. The Morgan fingerprint density at radius 1 is 1.09 bits per heavy atom. The van der Waals surface area contributed by atoms with Crippen molar-refractivity contribution in [2.24, 2.45) is 20.0 Å². The number of hydrogen-bond acceptors (Lipinski definition) is 7. The molecule has 1 aliphatic carbocycles. The first-order chi connectivity index (χ1) is 17.1. The lowest BCUT2D eigenvalue weighted by Crippen LogP contribution is -2.18. The van der Waals surface area contributed by atoms with Gasteiger partial charge in [-0.15, -0.1) is 11.3 Å². The molecule has 4 heterocycles. The standard InChI is InChI=1S/C26H27N7OS/c1-32-13-11-27-25(32)24-29-23(28-18-9-8-16(14-18)15-34)21-20(17-6-4-3-5-7-17)22(35-26(21)30-24)19-10-12-33(2)31-19/h3-7,10-13,16,18,34H,8-9,14-15H2,1-2H3,(H,28,29,30)/t16-,18?/m1/s1. The van der Waals surface area contributed by atoms with Crippen molar-refractivity contribution in [2.75, 3.05) is 11.9 Å². The van der Waals surface area contributed by atoms with Gasteiger partial charge in [0.1, 0.15) is 16.3 Å². The van der Waals surface area contributed by atoms with Crippen molar-refractivity contribution >= 4 is 27.4 Å². The van der Waals surface area contributed by atoms with Gasteiger partial charge in [-0.1, -0.05) is 30.3 Å². The second kappa shape index (κ2) is 8.90. The number of aryl methyl sites for hydroxylation is 2. The average molecular weight is 486 g/mol. The smallest absolute Gasteiger partial charge is 0.199 e. The monoisotopic (exact) mass is 485 g/mol. The van der Waals surface area contributed by atoms with Crippen LogP contribution in [0.1, 0.15) is 19.3 Å². The lowest BCUT2D eigenvalue weighted by Gasteiger charge is -2.16. The maximum Gasteiger partial charge on any atom is 0.199 e. The van der Waals surface area contributed by atoms with Gasteiger partial charge in [-0.05, 0) is 36.8 Å². The molecule has 8 nitrogen and oxygen atoms in total. The number of nitrogens with zero attached hydrogens (tertiary/aromatic N) is 6. The zero-order chi connectivity index (χ0) is 23.9. The van der Waals surface area contributed by atoms with E-state index in [1.807, 2.05) is 47.9 Å². The number of hydrogen-bond donors (Lipinski definition) is 2. The fourth-order valence-corrected chi connectivity index (χ4v) is 6.11. The van der Waals surface area contributed by atoms with E-state index in [9.17, 15) is 5.11 Å². The number of aliphatic hydroxyl groups excluding tert-OH is 1. The van der Waals surface area contributed by atoms with Gasteiger partial charge in [-0.25, -0.2) is 15.0 Å². The normalized spacial score (nSPS) is 17.9. The predicted molar refractivity (Wildman–Crippen MR) is 139 cm³/mol. The fraction of sp³-hybridized carbons (Fsp3) is 0.308. The Morgan fingerprint density at radius 3 is 2.63 bits per heavy atom. The van der Waals surface area contributed by atoms with Gasteiger partial charge >= 0.3 is 0 Å². The Hall–Kier alpha value is -3.56. The van der Waals surface area contributed by atoms with Gasteiger partial charge in [-0.2, -0.15) is 5.10 Å². The minimum atomic E-state index is 0.230. The summed E-state index contributed by atoms with van der Waals surface area (Å²) in [6.45, 7) is 0.230. The Kier molecular flexibility index (Phi) is 5.58. The third-order valence-corrected chi connectivity index (χ3v) is 7.83. The SMILES string of the molecule is Cn1ccc(-c2sc3nc(-c4nccn4C)nc(NC4CC[C@@H](CO)C4)c3c2-c2ccccc2)n1. The number of aromatic nitrogens is 6. The second-order valence-corrected chi connectivity index (χ2v) is 10.2. The molecular formula is C26H27N7OS. The van der Waals surface area contributed by atoms with Crippen LogP contribution in [0.5, 0.6) is 0 Å². The summed E-state index contributed by atoms with van der Waals surface area (Å²) < 4.78 is 3.76. The molecule has 0 aliphatic heterocycles. The first-order valence-corrected chi connectivity index (χ1v) is 12.7. The molecule has 2 atom stereocenters. The number of rotatable bonds is 6. The van der Waals surface area contributed by atoms with Crippen molar-refractivity contribution < 1.29 is 5.11 Å². The van der Waals surface area contributed by atoms with Crippen molar-refractivity contribution in [2.45, 2.75) is 25.3 Å². The number of fused-ring (bicyclic) bond motifs is 1. The van der Waals surface area contributed by atoms with E-state index < -0.39 is 0 Å². The van der Waals surface area contributed by atoms with Gasteiger partial charge in [0.15, 0.2) is 11.6 Å². The van der Waals surface area contributed by atoms with Crippen LogP contribution in [0.2, 0.25) is 0 Å². The van der Waals surface area contributed by atoms with Gasteiger partial charge in [0.2, 0.25) is 0 Å². The van der Waals surface area contributed by atoms with Crippen LogP contribution in [0, 0.1) is 5.92 Å². The van der Waals surface area contributed by atoms with Crippen LogP contribution in [0.15, 0.2) is 55.0 Å². The number of benzene rings is 1. The molecule has 1 saturated carbocycles. The highest BCUT2D eigenvalue weighted by Gasteiger charge is 2.28. The first kappa shape index (κ1) is 21.9. The van der Waals surface area contributed by atoms with E-state index in [2.05, 4.69) is 34.6 Å². The van der Waals surface area contributed by atoms with E-state index in [1.165, 1.54) is 0 Å². The highest BCUT2D eigenvalue weighted by Crippen LogP contribution is 2.47. The zero-order valence-electron chi connectivity index (χ0n) is 19.7. The summed E-state index contributed by atoms with van der Waals surface area (Å²) in [4.78, 5) is 16.5. The molecule has 0 radical (unpaired) electrons. The third-order valence-electron chi connectivity index (χ3n) is 6.72. The molecule has 0 saturated heterocycles. The van der Waals surface area contributed by atoms with Gasteiger partial charge in [0, 0.05) is 50.9 Å². The number of imidazole rings is 1. The number of thiophene rings is 1. The molecular weight excluding hydrogens is 458 g/mol. The van der Waals surface area contributed by atoms with Crippen molar-refractivity contribution in [1.29, 1.82) is 0 Å². The quantitative estimate of drug-likeness (QED) is 0.361. The summed E-state index contributed by atoms with van der Waals surface area (Å²) in [7, 11) is 3.89. The highest BCUT2D eigenvalue weighted by molar-refractivity contribution is 7.22. The van der Waals surface area contributed by atoms with E-state index in [0.29, 0.717) is 11.7 Å². The maximum absolute atomic E-state index is 9.67. The first-order valence-electron chi connectivity index (χ1n) is 11.9. The van der Waals surface area contributed by atoms with E-state index in [4.69, 9.17) is 15.1 Å². The predicted octanol–water partition coefficient (Wildman–Crippen LogP) is 4.73. The topological polar surface area (TPSA) is 93.7 Å². The van der Waals surface area contributed by atoms with Crippen molar-refractivity contribution in [3.8, 4) is 33.3 Å². The fourth-order valence-electron chi connectivity index (χ4n) is 4.95. The third kappa shape index (κ3) is 4.00. The molecule has 0 bridgehead atoms. The van der Waals surface area contributed by atoms with Crippen molar-refractivity contribution in [3.05, 3.63) is 55.0 Å². The lowest BCUT2D eigenvalue weighted by molar-refractivity contribution is 0.229. The van der Waals surface area contributed by atoms with Crippen LogP contribution < -0.4 is 5.32 Å². The summed E-state index contributed by atoms with van der Waals surface area (Å²) >= 11 is 1.64. The molecule has 0 spiro atoms. The molecule has 4 aromatic heterocycles. The Bertz CT molecular complexity index is 1490.